The monoisotopic (exact) mass is 832 g/mol. The third-order valence-corrected chi connectivity index (χ3v) is 14.3. The quantitative estimate of drug-likeness (QED) is 0.163. The van der Waals surface area contributed by atoms with Crippen LogP contribution in [0, 0.1) is 17.9 Å². The van der Waals surface area contributed by atoms with Crippen LogP contribution in [0.2, 0.25) is 0 Å². The Morgan fingerprint density at radius 2 is 0.903 bits per heavy atom. The first-order chi connectivity index (χ1) is 34.9. The molecule has 13 aromatic rings. The summed E-state index contributed by atoms with van der Waals surface area (Å²) >= 11 is 3.09. The number of rotatable bonds is 4. The number of fused-ring (bicyclic) bond motifs is 14. The lowest BCUT2D eigenvalue weighted by Crippen LogP contribution is -2.10. The van der Waals surface area contributed by atoms with Crippen molar-refractivity contribution < 1.29 is 13.7 Å². The molecule has 0 aliphatic carbocycles. The van der Waals surface area contributed by atoms with Crippen LogP contribution in [0.1, 0.15) is 19.3 Å². The van der Waals surface area contributed by atoms with E-state index in [9.17, 15) is 10.7 Å². The molecule has 4 heterocycles. The Hall–Kier alpha value is -8.00. The number of thiophene rings is 2. The van der Waals surface area contributed by atoms with Crippen LogP contribution in [0.25, 0.3) is 122 Å². The zero-order valence-corrected chi connectivity index (χ0v) is 33.8. The molecule has 0 fully saturated rings. The number of nitrogens with zero attached hydrogens (tertiary/aromatic N) is 4. The molecule has 0 atom stereocenters. The van der Waals surface area contributed by atoms with E-state index in [1.54, 1.807) is 22.7 Å². The molecule has 6 heteroatoms. The Bertz CT molecular complexity index is 4390. The average Bonchev–Trinajstić information content (AvgIpc) is 4.16. The molecule has 9 aromatic carbocycles. The fraction of sp³-hybridized carbons (Fsp3) is 0. The fourth-order valence-corrected chi connectivity index (χ4v) is 12.0. The second kappa shape index (κ2) is 13.2. The van der Waals surface area contributed by atoms with Crippen LogP contribution in [0.5, 0.6) is 0 Å². The topological polar surface area (TPSA) is 38.0 Å². The molecule has 0 amide bonds. The predicted molar refractivity (Wildman–Crippen MR) is 263 cm³/mol. The van der Waals surface area contributed by atoms with Crippen molar-refractivity contribution in [1.29, 1.82) is 5.26 Å². The molecule has 0 N–H and O–H groups in total. The maximum Gasteiger partial charge on any atom is 0.215 e. The van der Waals surface area contributed by atoms with Gasteiger partial charge in [0.25, 0.3) is 0 Å². The molecule has 0 aliphatic rings. The van der Waals surface area contributed by atoms with E-state index < -0.39 is 71.7 Å². The number of nitriles is 1. The third kappa shape index (κ3) is 4.68. The van der Waals surface area contributed by atoms with E-state index in [0.717, 1.165) is 61.9 Å². The SMILES string of the molecule is [2H]c1c([2H])c([2H])c(-c2c(C#N)c([N+]#[C-])c(-c3c([2H])c([2H])c([2H])c([2H])c3[2H])c(-n3c4ccccc4c4ccc5c6ccccc6sc5c43)c2-n2c3ccccc3c3ccc4c5ccccc5sc4c32)c([2H])c1[2H]. The van der Waals surface area contributed by atoms with Gasteiger partial charge >= 0.3 is 0 Å². The Kier molecular flexibility index (Phi) is 5.61. The summed E-state index contributed by atoms with van der Waals surface area (Å²) in [7, 11) is 0. The highest BCUT2D eigenvalue weighted by Crippen LogP contribution is 2.54. The molecule has 4 nitrogen and oxygen atoms in total. The minimum atomic E-state index is -0.667. The van der Waals surface area contributed by atoms with Gasteiger partial charge in [0.05, 0.1) is 74.8 Å². The molecule has 0 bridgehead atoms. The van der Waals surface area contributed by atoms with Gasteiger partial charge in [0.2, 0.25) is 5.69 Å². The van der Waals surface area contributed by atoms with Crippen LogP contribution in [0.4, 0.5) is 5.69 Å². The molecule has 0 saturated heterocycles. The molecule has 0 aliphatic heterocycles. The highest BCUT2D eigenvalue weighted by molar-refractivity contribution is 7.27. The molecular formula is C56H30N4S2. The van der Waals surface area contributed by atoms with Crippen molar-refractivity contribution in [2.75, 3.05) is 0 Å². The maximum absolute atomic E-state index is 11.8. The summed E-state index contributed by atoms with van der Waals surface area (Å²) < 4.78 is 99.9. The highest BCUT2D eigenvalue weighted by Gasteiger charge is 2.33. The van der Waals surface area contributed by atoms with Gasteiger partial charge in [-0.05, 0) is 35.4 Å². The van der Waals surface area contributed by atoms with Gasteiger partial charge in [0, 0.05) is 63.6 Å². The van der Waals surface area contributed by atoms with Crippen molar-refractivity contribution in [2.24, 2.45) is 0 Å². The minimum Gasteiger partial charge on any atom is -0.306 e. The second-order valence-electron chi connectivity index (χ2n) is 15.0. The van der Waals surface area contributed by atoms with Crippen LogP contribution in [0.3, 0.4) is 0 Å². The van der Waals surface area contributed by atoms with Crippen LogP contribution < -0.4 is 0 Å². The molecule has 0 spiro atoms. The van der Waals surface area contributed by atoms with E-state index in [4.69, 9.17) is 14.8 Å². The van der Waals surface area contributed by atoms with Crippen molar-refractivity contribution in [1.82, 2.24) is 9.13 Å². The number of aromatic nitrogens is 2. The lowest BCUT2D eigenvalue weighted by Gasteiger charge is -2.26. The van der Waals surface area contributed by atoms with Crippen LogP contribution >= 0.6 is 22.7 Å². The maximum atomic E-state index is 11.8. The molecule has 13 rings (SSSR count). The summed E-state index contributed by atoms with van der Waals surface area (Å²) in [5.74, 6) is 0. The Morgan fingerprint density at radius 3 is 1.39 bits per heavy atom. The van der Waals surface area contributed by atoms with Crippen molar-refractivity contribution >= 4 is 112 Å². The standard InChI is InChI=1S/C56H30N4S2/c1-58-50-43(32-57)48(33-16-4-2-5-17-33)53(59-44-24-12-8-20-35(44)39-28-30-41-37-22-10-14-26-46(37)61-55(41)51(39)59)54(49(50)34-18-6-3-7-19-34)60-45-25-13-9-21-36(45)40-29-31-42-38-23-11-15-27-47(38)62-56(42)52(40)60/h2-31H/i2D,3D,4D,5D,6D,7D,16D,17D,18D,19D. The van der Waals surface area contributed by atoms with E-state index in [0.29, 0.717) is 22.1 Å². The lowest BCUT2D eigenvalue weighted by molar-refractivity contribution is 1.10. The van der Waals surface area contributed by atoms with Gasteiger partial charge in [-0.15, -0.1) is 22.7 Å². The molecule has 4 aromatic heterocycles. The highest BCUT2D eigenvalue weighted by atomic mass is 32.1. The van der Waals surface area contributed by atoms with Gasteiger partial charge < -0.3 is 9.13 Å². The number of benzene rings is 9. The molecular weight excluding hydrogens is 793 g/mol. The normalized spacial score (nSPS) is 14.1. The summed E-state index contributed by atoms with van der Waals surface area (Å²) in [4.78, 5) is 4.06. The molecule has 0 saturated carbocycles. The first-order valence-corrected chi connectivity index (χ1v) is 21.3. The molecule has 0 unspecified atom stereocenters. The molecule has 286 valence electrons. The Balaban J connectivity index is 1.44. The Morgan fingerprint density at radius 1 is 0.484 bits per heavy atom. The van der Waals surface area contributed by atoms with Gasteiger partial charge in [0.15, 0.2) is 0 Å². The van der Waals surface area contributed by atoms with Crippen LogP contribution in [-0.4, -0.2) is 9.13 Å². The zero-order valence-electron chi connectivity index (χ0n) is 42.2. The molecule has 62 heavy (non-hydrogen) atoms. The number of para-hydroxylation sites is 2. The van der Waals surface area contributed by atoms with Crippen LogP contribution in [0.15, 0.2) is 182 Å². The van der Waals surface area contributed by atoms with Crippen molar-refractivity contribution in [3.05, 3.63) is 199 Å². The third-order valence-electron chi connectivity index (χ3n) is 12.0. The average molecular weight is 833 g/mol. The van der Waals surface area contributed by atoms with E-state index in [2.05, 4.69) is 23.0 Å². The summed E-state index contributed by atoms with van der Waals surface area (Å²) in [5.41, 5.74) is 0.775. The zero-order chi connectivity index (χ0) is 49.8. The van der Waals surface area contributed by atoms with Gasteiger partial charge in [0.1, 0.15) is 0 Å². The smallest absolute Gasteiger partial charge is 0.215 e. The summed E-state index contributed by atoms with van der Waals surface area (Å²) in [5, 5.41) is 18.7. The summed E-state index contributed by atoms with van der Waals surface area (Å²) in [6.07, 6.45) is 0. The van der Waals surface area contributed by atoms with Crippen LogP contribution in [-0.2, 0) is 0 Å². The first kappa shape index (κ1) is 26.3. The lowest BCUT2D eigenvalue weighted by atomic mass is 9.88. The van der Waals surface area contributed by atoms with E-state index in [1.807, 2.05) is 118 Å². The van der Waals surface area contributed by atoms with Gasteiger partial charge in [-0.3, -0.25) is 0 Å². The fourth-order valence-electron chi connectivity index (χ4n) is 9.52. The van der Waals surface area contributed by atoms with E-state index in [-0.39, 0.29) is 33.6 Å². The summed E-state index contributed by atoms with van der Waals surface area (Å²) in [6.45, 7) is 9.09. The molecule has 0 radical (unpaired) electrons. The van der Waals surface area contributed by atoms with Gasteiger partial charge in [-0.25, -0.2) is 4.85 Å². The largest absolute Gasteiger partial charge is 0.306 e. The summed E-state index contributed by atoms with van der Waals surface area (Å²) in [6, 6.07) is 35.2. The van der Waals surface area contributed by atoms with Gasteiger partial charge in [-0.1, -0.05) is 157 Å². The van der Waals surface area contributed by atoms with Crippen molar-refractivity contribution in [3.8, 4) is 39.7 Å². The number of hydrogen-bond acceptors (Lipinski definition) is 3. The predicted octanol–water partition coefficient (Wildman–Crippen LogP) is 16.4. The first-order valence-electron chi connectivity index (χ1n) is 24.7. The Labute approximate surface area is 377 Å². The number of hydrogen-bond donors (Lipinski definition) is 0. The van der Waals surface area contributed by atoms with E-state index >= 15 is 0 Å². The second-order valence-corrected chi connectivity index (χ2v) is 17.1. The van der Waals surface area contributed by atoms with Gasteiger partial charge in [-0.2, -0.15) is 5.26 Å². The van der Waals surface area contributed by atoms with Crippen molar-refractivity contribution in [2.45, 2.75) is 0 Å². The minimum absolute atomic E-state index is 0.0937. The van der Waals surface area contributed by atoms with E-state index in [1.165, 1.54) is 0 Å². The van der Waals surface area contributed by atoms with Crippen molar-refractivity contribution in [3.63, 3.8) is 0 Å².